The van der Waals surface area contributed by atoms with Crippen LogP contribution in [0.2, 0.25) is 0 Å². The molecular weight excluding hydrogens is 202 g/mol. The van der Waals surface area contributed by atoms with Gasteiger partial charge in [-0.15, -0.1) is 0 Å². The van der Waals surface area contributed by atoms with Crippen LogP contribution >= 0.6 is 0 Å². The molecule has 3 heterocycles. The van der Waals surface area contributed by atoms with Gasteiger partial charge in [0.1, 0.15) is 12.1 Å². The standard InChI is InChI=1S/C11H15N5/c1-9-7-10(15-5-3-2-4-6-15)16-11(14-9)12-8-13-16/h7-8H,2-6H2,1H3. The predicted molar refractivity (Wildman–Crippen MR) is 61.6 cm³/mol. The van der Waals surface area contributed by atoms with E-state index >= 15 is 0 Å². The van der Waals surface area contributed by atoms with Gasteiger partial charge in [-0.2, -0.15) is 14.6 Å². The molecule has 16 heavy (non-hydrogen) atoms. The molecule has 0 saturated carbocycles. The summed E-state index contributed by atoms with van der Waals surface area (Å²) in [5, 5.41) is 4.24. The van der Waals surface area contributed by atoms with Crippen molar-refractivity contribution in [2.45, 2.75) is 26.2 Å². The van der Waals surface area contributed by atoms with Crippen LogP contribution in [-0.2, 0) is 0 Å². The van der Waals surface area contributed by atoms with E-state index in [1.165, 1.54) is 19.3 Å². The summed E-state index contributed by atoms with van der Waals surface area (Å²) in [6.45, 7) is 4.22. The number of nitrogens with zero attached hydrogens (tertiary/aromatic N) is 5. The number of aryl methyl sites for hydroxylation is 1. The van der Waals surface area contributed by atoms with Crippen molar-refractivity contribution in [1.29, 1.82) is 0 Å². The van der Waals surface area contributed by atoms with Crippen LogP contribution in [0.4, 0.5) is 5.82 Å². The fourth-order valence-corrected chi connectivity index (χ4v) is 2.26. The van der Waals surface area contributed by atoms with Gasteiger partial charge in [-0.1, -0.05) is 0 Å². The molecule has 0 amide bonds. The molecule has 1 aliphatic heterocycles. The molecule has 84 valence electrons. The molecule has 0 N–H and O–H groups in total. The normalized spacial score (nSPS) is 16.9. The van der Waals surface area contributed by atoms with E-state index in [1.807, 2.05) is 11.4 Å². The zero-order chi connectivity index (χ0) is 11.0. The summed E-state index contributed by atoms with van der Waals surface area (Å²) >= 11 is 0. The molecule has 0 unspecified atom stereocenters. The van der Waals surface area contributed by atoms with Crippen LogP contribution in [0.3, 0.4) is 0 Å². The van der Waals surface area contributed by atoms with Crippen LogP contribution in [0.1, 0.15) is 25.0 Å². The van der Waals surface area contributed by atoms with E-state index in [1.54, 1.807) is 6.33 Å². The molecule has 5 heteroatoms. The molecule has 2 aromatic rings. The van der Waals surface area contributed by atoms with Crippen molar-refractivity contribution < 1.29 is 0 Å². The van der Waals surface area contributed by atoms with Gasteiger partial charge in [-0.25, -0.2) is 4.98 Å². The van der Waals surface area contributed by atoms with Crippen LogP contribution in [0.25, 0.3) is 5.78 Å². The number of fused-ring (bicyclic) bond motifs is 1. The minimum Gasteiger partial charge on any atom is -0.356 e. The third-order valence-corrected chi connectivity index (χ3v) is 3.04. The summed E-state index contributed by atoms with van der Waals surface area (Å²) < 4.78 is 1.83. The van der Waals surface area contributed by atoms with Crippen LogP contribution < -0.4 is 4.90 Å². The molecule has 0 aliphatic carbocycles. The highest BCUT2D eigenvalue weighted by molar-refractivity contribution is 5.47. The lowest BCUT2D eigenvalue weighted by molar-refractivity contribution is 0.568. The zero-order valence-electron chi connectivity index (χ0n) is 9.43. The fraction of sp³-hybridized carbons (Fsp3) is 0.545. The number of aromatic nitrogens is 4. The Kier molecular flexibility index (Phi) is 2.23. The number of piperidine rings is 1. The maximum absolute atomic E-state index is 4.35. The van der Waals surface area contributed by atoms with Crippen molar-refractivity contribution >= 4 is 11.6 Å². The highest BCUT2D eigenvalue weighted by atomic mass is 15.4. The second-order valence-corrected chi connectivity index (χ2v) is 4.28. The van der Waals surface area contributed by atoms with Crippen LogP contribution in [0.5, 0.6) is 0 Å². The smallest absolute Gasteiger partial charge is 0.254 e. The lowest BCUT2D eigenvalue weighted by Gasteiger charge is -2.28. The first-order chi connectivity index (χ1) is 7.84. The summed E-state index contributed by atoms with van der Waals surface area (Å²) in [5.41, 5.74) is 1.00. The molecule has 1 saturated heterocycles. The van der Waals surface area contributed by atoms with Crippen molar-refractivity contribution in [2.75, 3.05) is 18.0 Å². The fourth-order valence-electron chi connectivity index (χ4n) is 2.26. The van der Waals surface area contributed by atoms with Gasteiger partial charge in [-0.05, 0) is 26.2 Å². The molecule has 1 fully saturated rings. The maximum Gasteiger partial charge on any atom is 0.254 e. The minimum absolute atomic E-state index is 0.695. The van der Waals surface area contributed by atoms with E-state index < -0.39 is 0 Å². The summed E-state index contributed by atoms with van der Waals surface area (Å²) in [6, 6.07) is 2.09. The molecule has 0 atom stereocenters. The Labute approximate surface area is 94.1 Å². The second kappa shape index (κ2) is 3.73. The van der Waals surface area contributed by atoms with Crippen LogP contribution in [0, 0.1) is 6.92 Å². The molecule has 1 aliphatic rings. The SMILES string of the molecule is Cc1cc(N2CCCCC2)n2ncnc2n1. The Balaban J connectivity index is 2.09. The Morgan fingerprint density at radius 1 is 1.19 bits per heavy atom. The summed E-state index contributed by atoms with van der Waals surface area (Å²) in [4.78, 5) is 10.9. The quantitative estimate of drug-likeness (QED) is 0.724. The van der Waals surface area contributed by atoms with Crippen molar-refractivity contribution in [1.82, 2.24) is 19.6 Å². The molecule has 0 spiro atoms. The van der Waals surface area contributed by atoms with Crippen molar-refractivity contribution in [3.8, 4) is 0 Å². The lowest BCUT2D eigenvalue weighted by atomic mass is 10.1. The largest absolute Gasteiger partial charge is 0.356 e. The molecule has 0 bridgehead atoms. The van der Waals surface area contributed by atoms with E-state index in [0.717, 1.165) is 24.6 Å². The van der Waals surface area contributed by atoms with Crippen LogP contribution in [0.15, 0.2) is 12.4 Å². The highest BCUT2D eigenvalue weighted by Crippen LogP contribution is 2.20. The van der Waals surface area contributed by atoms with Gasteiger partial charge >= 0.3 is 0 Å². The molecule has 0 aromatic carbocycles. The molecule has 3 rings (SSSR count). The van der Waals surface area contributed by atoms with E-state index in [-0.39, 0.29) is 0 Å². The minimum atomic E-state index is 0.695. The van der Waals surface area contributed by atoms with E-state index in [0.29, 0.717) is 5.78 Å². The van der Waals surface area contributed by atoms with Crippen molar-refractivity contribution in [3.63, 3.8) is 0 Å². The maximum atomic E-state index is 4.35. The first kappa shape index (κ1) is 9.57. The second-order valence-electron chi connectivity index (χ2n) is 4.28. The van der Waals surface area contributed by atoms with Gasteiger partial charge in [0.25, 0.3) is 5.78 Å². The number of hydrogen-bond donors (Lipinski definition) is 0. The van der Waals surface area contributed by atoms with Crippen LogP contribution in [-0.4, -0.2) is 32.7 Å². The molecular formula is C11H15N5. The van der Waals surface area contributed by atoms with Gasteiger partial charge < -0.3 is 4.90 Å². The number of rotatable bonds is 1. The number of hydrogen-bond acceptors (Lipinski definition) is 4. The monoisotopic (exact) mass is 217 g/mol. The van der Waals surface area contributed by atoms with Crippen molar-refractivity contribution in [2.24, 2.45) is 0 Å². The average molecular weight is 217 g/mol. The van der Waals surface area contributed by atoms with Crippen molar-refractivity contribution in [3.05, 3.63) is 18.1 Å². The summed E-state index contributed by atoms with van der Waals surface area (Å²) in [6.07, 6.45) is 5.42. The first-order valence-corrected chi connectivity index (χ1v) is 5.77. The van der Waals surface area contributed by atoms with Gasteiger partial charge in [-0.3, -0.25) is 0 Å². The molecule has 5 nitrogen and oxygen atoms in total. The highest BCUT2D eigenvalue weighted by Gasteiger charge is 2.15. The van der Waals surface area contributed by atoms with Gasteiger partial charge in [0.05, 0.1) is 0 Å². The summed E-state index contributed by atoms with van der Waals surface area (Å²) in [5.74, 6) is 1.82. The first-order valence-electron chi connectivity index (χ1n) is 5.77. The number of anilines is 1. The summed E-state index contributed by atoms with van der Waals surface area (Å²) in [7, 11) is 0. The third-order valence-electron chi connectivity index (χ3n) is 3.04. The zero-order valence-corrected chi connectivity index (χ0v) is 9.43. The van der Waals surface area contributed by atoms with Gasteiger partial charge in [0.2, 0.25) is 0 Å². The van der Waals surface area contributed by atoms with E-state index in [2.05, 4.69) is 26.0 Å². The van der Waals surface area contributed by atoms with E-state index in [9.17, 15) is 0 Å². The predicted octanol–water partition coefficient (Wildman–Crippen LogP) is 1.42. The lowest BCUT2D eigenvalue weighted by Crippen LogP contribution is -2.31. The third kappa shape index (κ3) is 1.52. The average Bonchev–Trinajstić information content (AvgIpc) is 2.77. The Morgan fingerprint density at radius 2 is 2.00 bits per heavy atom. The Morgan fingerprint density at radius 3 is 2.81 bits per heavy atom. The van der Waals surface area contributed by atoms with Gasteiger partial charge in [0, 0.05) is 24.8 Å². The molecule has 0 radical (unpaired) electrons. The Hall–Kier alpha value is -1.65. The topological polar surface area (TPSA) is 46.3 Å². The molecule has 2 aromatic heterocycles. The van der Waals surface area contributed by atoms with Gasteiger partial charge in [0.15, 0.2) is 0 Å². The van der Waals surface area contributed by atoms with E-state index in [4.69, 9.17) is 0 Å². The Bertz CT molecular complexity index is 498.